The second-order valence-electron chi connectivity index (χ2n) is 3.83. The van der Waals surface area contributed by atoms with E-state index >= 15 is 0 Å². The lowest BCUT2D eigenvalue weighted by molar-refractivity contribution is 0.0950. The topological polar surface area (TPSA) is 103 Å². The van der Waals surface area contributed by atoms with Crippen molar-refractivity contribution in [3.8, 4) is 5.75 Å². The number of nitrogens with zero attached hydrogens (tertiary/aromatic N) is 2. The number of aryl methyl sites for hydroxylation is 1. The van der Waals surface area contributed by atoms with Gasteiger partial charge in [-0.15, -0.1) is 0 Å². The second-order valence-corrected chi connectivity index (χ2v) is 3.83. The average Bonchev–Trinajstić information content (AvgIpc) is 2.82. The highest BCUT2D eigenvalue weighted by Crippen LogP contribution is 2.24. The molecule has 100 valence electrons. The zero-order chi connectivity index (χ0) is 13.8. The summed E-state index contributed by atoms with van der Waals surface area (Å²) in [6, 6.07) is 5.01. The number of carbonyl (C=O) groups is 1. The molecular formula is C12H14N4O3. The fourth-order valence-electron chi connectivity index (χ4n) is 1.59. The van der Waals surface area contributed by atoms with E-state index in [1.165, 1.54) is 7.11 Å². The minimum atomic E-state index is -0.321. The fourth-order valence-corrected chi connectivity index (χ4v) is 1.59. The minimum Gasteiger partial charge on any atom is -0.495 e. The van der Waals surface area contributed by atoms with Gasteiger partial charge in [0.15, 0.2) is 5.82 Å². The first-order valence-corrected chi connectivity index (χ1v) is 5.61. The normalized spacial score (nSPS) is 10.2. The maximum Gasteiger partial charge on any atom is 0.253 e. The number of hydrogen-bond donors (Lipinski definition) is 2. The number of methoxy groups -OCH3 is 1. The molecule has 0 atom stereocenters. The predicted molar refractivity (Wildman–Crippen MR) is 67.6 cm³/mol. The van der Waals surface area contributed by atoms with E-state index in [4.69, 9.17) is 15.0 Å². The molecule has 2 rings (SSSR count). The van der Waals surface area contributed by atoms with E-state index in [-0.39, 0.29) is 12.5 Å². The van der Waals surface area contributed by atoms with Crippen LogP contribution in [0.5, 0.6) is 5.75 Å². The van der Waals surface area contributed by atoms with Crippen LogP contribution < -0.4 is 15.8 Å². The largest absolute Gasteiger partial charge is 0.495 e. The Labute approximate surface area is 109 Å². The molecule has 1 aromatic carbocycles. The molecule has 0 fully saturated rings. The molecule has 0 aliphatic rings. The van der Waals surface area contributed by atoms with E-state index in [0.29, 0.717) is 28.7 Å². The molecule has 7 heteroatoms. The Balaban J connectivity index is 2.08. The molecule has 1 heterocycles. The third-order valence-corrected chi connectivity index (χ3v) is 2.51. The Morgan fingerprint density at radius 1 is 1.53 bits per heavy atom. The van der Waals surface area contributed by atoms with Gasteiger partial charge in [-0.2, -0.15) is 4.98 Å². The van der Waals surface area contributed by atoms with Crippen molar-refractivity contribution >= 4 is 11.6 Å². The Morgan fingerprint density at radius 3 is 2.95 bits per heavy atom. The predicted octanol–water partition coefficient (Wildman–Crippen LogP) is 0.899. The molecule has 3 N–H and O–H groups in total. The number of rotatable bonds is 4. The number of hydrogen-bond acceptors (Lipinski definition) is 6. The summed E-state index contributed by atoms with van der Waals surface area (Å²) in [7, 11) is 1.50. The number of para-hydroxylation sites is 1. The average molecular weight is 262 g/mol. The van der Waals surface area contributed by atoms with Crippen LogP contribution in [0.1, 0.15) is 22.1 Å². The number of aromatic nitrogens is 2. The highest BCUT2D eigenvalue weighted by Gasteiger charge is 2.13. The van der Waals surface area contributed by atoms with E-state index in [1.807, 2.05) is 0 Å². The molecule has 0 aliphatic carbocycles. The third-order valence-electron chi connectivity index (χ3n) is 2.51. The molecule has 0 spiro atoms. The molecular weight excluding hydrogens is 248 g/mol. The van der Waals surface area contributed by atoms with Gasteiger partial charge in [-0.3, -0.25) is 4.79 Å². The smallest absolute Gasteiger partial charge is 0.253 e. The summed E-state index contributed by atoms with van der Waals surface area (Å²) >= 11 is 0. The van der Waals surface area contributed by atoms with Gasteiger partial charge in [0.05, 0.1) is 24.9 Å². The standard InChI is InChI=1S/C12H14N4O3/c1-7-15-10(16-19-7)6-14-12(17)8-4-3-5-9(18-2)11(8)13/h3-5H,6,13H2,1-2H3,(H,14,17). The summed E-state index contributed by atoms with van der Waals surface area (Å²) in [5, 5.41) is 6.34. The summed E-state index contributed by atoms with van der Waals surface area (Å²) in [5.41, 5.74) is 6.48. The molecule has 0 bridgehead atoms. The fraction of sp³-hybridized carbons (Fsp3) is 0.250. The summed E-state index contributed by atoms with van der Waals surface area (Å²) in [6.45, 7) is 1.85. The van der Waals surface area contributed by atoms with Gasteiger partial charge in [-0.1, -0.05) is 11.2 Å². The SMILES string of the molecule is COc1cccc(C(=O)NCc2noc(C)n2)c1N. The van der Waals surface area contributed by atoms with Crippen LogP contribution in [-0.4, -0.2) is 23.2 Å². The van der Waals surface area contributed by atoms with Crippen LogP contribution in [-0.2, 0) is 6.54 Å². The van der Waals surface area contributed by atoms with Crippen molar-refractivity contribution < 1.29 is 14.1 Å². The number of anilines is 1. The summed E-state index contributed by atoms with van der Waals surface area (Å²) in [6.07, 6.45) is 0. The van der Waals surface area contributed by atoms with Gasteiger partial charge in [0.25, 0.3) is 5.91 Å². The number of nitrogens with two attached hydrogens (primary N) is 1. The number of ether oxygens (including phenoxy) is 1. The lowest BCUT2D eigenvalue weighted by Gasteiger charge is -2.09. The molecule has 2 aromatic rings. The van der Waals surface area contributed by atoms with Crippen molar-refractivity contribution in [2.75, 3.05) is 12.8 Å². The van der Waals surface area contributed by atoms with Crippen molar-refractivity contribution in [2.24, 2.45) is 0 Å². The first-order valence-electron chi connectivity index (χ1n) is 5.61. The summed E-state index contributed by atoms with van der Waals surface area (Å²) in [5.74, 6) is 0.999. The van der Waals surface area contributed by atoms with Gasteiger partial charge < -0.3 is 20.3 Å². The molecule has 0 saturated heterocycles. The Morgan fingerprint density at radius 2 is 2.32 bits per heavy atom. The Kier molecular flexibility index (Phi) is 3.65. The molecule has 19 heavy (non-hydrogen) atoms. The molecule has 7 nitrogen and oxygen atoms in total. The first-order chi connectivity index (χ1) is 9.11. The van der Waals surface area contributed by atoms with Crippen LogP contribution in [0.15, 0.2) is 22.7 Å². The quantitative estimate of drug-likeness (QED) is 0.793. The van der Waals surface area contributed by atoms with Gasteiger partial charge in [-0.05, 0) is 12.1 Å². The van der Waals surface area contributed by atoms with Crippen LogP contribution in [0.25, 0.3) is 0 Å². The first kappa shape index (κ1) is 12.9. The van der Waals surface area contributed by atoms with Crippen molar-refractivity contribution in [2.45, 2.75) is 13.5 Å². The van der Waals surface area contributed by atoms with Crippen LogP contribution in [0.4, 0.5) is 5.69 Å². The van der Waals surface area contributed by atoms with E-state index in [1.54, 1.807) is 25.1 Å². The van der Waals surface area contributed by atoms with Gasteiger partial charge in [0.2, 0.25) is 5.89 Å². The van der Waals surface area contributed by atoms with Crippen LogP contribution >= 0.6 is 0 Å². The third kappa shape index (κ3) is 2.82. The molecule has 0 unspecified atom stereocenters. The van der Waals surface area contributed by atoms with Crippen molar-refractivity contribution in [3.63, 3.8) is 0 Å². The number of carbonyl (C=O) groups excluding carboxylic acids is 1. The minimum absolute atomic E-state index is 0.173. The molecule has 1 aromatic heterocycles. The van der Waals surface area contributed by atoms with Crippen molar-refractivity contribution in [3.05, 3.63) is 35.5 Å². The van der Waals surface area contributed by atoms with Crippen molar-refractivity contribution in [1.29, 1.82) is 0 Å². The van der Waals surface area contributed by atoms with Gasteiger partial charge in [0.1, 0.15) is 5.75 Å². The maximum absolute atomic E-state index is 12.0. The van der Waals surface area contributed by atoms with Crippen LogP contribution in [0.3, 0.4) is 0 Å². The number of nitrogen functional groups attached to an aromatic ring is 1. The van der Waals surface area contributed by atoms with Crippen molar-refractivity contribution in [1.82, 2.24) is 15.5 Å². The second kappa shape index (κ2) is 5.38. The Hall–Kier alpha value is -2.57. The maximum atomic E-state index is 12.0. The zero-order valence-corrected chi connectivity index (χ0v) is 10.6. The summed E-state index contributed by atoms with van der Waals surface area (Å²) in [4.78, 5) is 16.0. The summed E-state index contributed by atoms with van der Waals surface area (Å²) < 4.78 is 9.86. The van der Waals surface area contributed by atoms with E-state index < -0.39 is 0 Å². The molecule has 0 radical (unpaired) electrons. The number of benzene rings is 1. The lowest BCUT2D eigenvalue weighted by atomic mass is 10.1. The number of nitrogens with one attached hydrogen (secondary N) is 1. The highest BCUT2D eigenvalue weighted by atomic mass is 16.5. The van der Waals surface area contributed by atoms with Gasteiger partial charge in [0, 0.05) is 6.92 Å². The molecule has 1 amide bonds. The lowest BCUT2D eigenvalue weighted by Crippen LogP contribution is -2.24. The molecule has 0 saturated carbocycles. The van der Waals surface area contributed by atoms with E-state index in [2.05, 4.69) is 15.5 Å². The van der Waals surface area contributed by atoms with E-state index in [0.717, 1.165) is 0 Å². The molecule has 0 aliphatic heterocycles. The van der Waals surface area contributed by atoms with E-state index in [9.17, 15) is 4.79 Å². The van der Waals surface area contributed by atoms with Crippen LogP contribution in [0, 0.1) is 6.92 Å². The monoisotopic (exact) mass is 262 g/mol. The van der Waals surface area contributed by atoms with Gasteiger partial charge in [-0.25, -0.2) is 0 Å². The van der Waals surface area contributed by atoms with Gasteiger partial charge >= 0.3 is 0 Å². The van der Waals surface area contributed by atoms with Crippen LogP contribution in [0.2, 0.25) is 0 Å². The highest BCUT2D eigenvalue weighted by molar-refractivity contribution is 6.00. The Bertz CT molecular complexity index is 594. The zero-order valence-electron chi connectivity index (χ0n) is 10.6. The number of amides is 1.